The lowest BCUT2D eigenvalue weighted by Gasteiger charge is -2.19. The van der Waals surface area contributed by atoms with E-state index >= 15 is 0 Å². The van der Waals surface area contributed by atoms with Gasteiger partial charge >= 0.3 is 5.97 Å². The maximum absolute atomic E-state index is 13.0. The fraction of sp³-hybridized carbons (Fsp3) is 0.385. The van der Waals surface area contributed by atoms with Gasteiger partial charge in [0.2, 0.25) is 17.7 Å². The van der Waals surface area contributed by atoms with Crippen LogP contribution in [0.3, 0.4) is 0 Å². The number of ether oxygens (including phenoxy) is 1. The number of anilines is 2. The Hall–Kier alpha value is -2.90. The number of carbonyl (C=O) groups excluding carboxylic acids is 4. The third-order valence-electron chi connectivity index (χ3n) is 7.90. The third-order valence-corrected chi connectivity index (χ3v) is 8.45. The monoisotopic (exact) mass is 512 g/mol. The van der Waals surface area contributed by atoms with Crippen molar-refractivity contribution in [2.75, 3.05) is 16.3 Å². The van der Waals surface area contributed by atoms with Gasteiger partial charge in [-0.15, -0.1) is 0 Å². The first-order valence-corrected chi connectivity index (χ1v) is 12.5. The minimum atomic E-state index is -0.659. The average molecular weight is 513 g/mol. The Balaban J connectivity index is 1.13. The van der Waals surface area contributed by atoms with Crippen LogP contribution in [0.25, 0.3) is 0 Å². The van der Waals surface area contributed by atoms with E-state index < -0.39 is 11.9 Å². The second kappa shape index (κ2) is 8.35. The highest BCUT2D eigenvalue weighted by molar-refractivity contribution is 6.36. The van der Waals surface area contributed by atoms with Gasteiger partial charge in [-0.1, -0.05) is 23.2 Å². The minimum Gasteiger partial charge on any atom is -0.426 e. The third kappa shape index (κ3) is 3.64. The Morgan fingerprint density at radius 2 is 1.57 bits per heavy atom. The molecule has 2 bridgehead atoms. The smallest absolute Gasteiger partial charge is 0.316 e. The summed E-state index contributed by atoms with van der Waals surface area (Å²) in [4.78, 5) is 54.1. The Bertz CT molecular complexity index is 1230. The molecule has 2 aliphatic carbocycles. The summed E-state index contributed by atoms with van der Waals surface area (Å²) in [5.41, 5.74) is 0.952. The molecule has 2 aliphatic heterocycles. The number of carbonyl (C=O) groups is 4. The van der Waals surface area contributed by atoms with Crippen LogP contribution >= 0.6 is 23.2 Å². The number of rotatable bonds is 4. The number of hydrogen-bond donors (Lipinski definition) is 0. The first-order valence-electron chi connectivity index (χ1n) is 11.8. The molecule has 2 aromatic carbocycles. The van der Waals surface area contributed by atoms with Crippen molar-refractivity contribution in [3.63, 3.8) is 0 Å². The van der Waals surface area contributed by atoms with Crippen LogP contribution in [0.15, 0.2) is 42.5 Å². The Labute approximate surface area is 211 Å². The fourth-order valence-electron chi connectivity index (χ4n) is 6.32. The summed E-state index contributed by atoms with van der Waals surface area (Å²) < 4.78 is 5.51. The maximum atomic E-state index is 13.0. The van der Waals surface area contributed by atoms with Gasteiger partial charge in [0.05, 0.1) is 34.2 Å². The molecule has 4 aliphatic rings. The van der Waals surface area contributed by atoms with Gasteiger partial charge in [0.25, 0.3) is 0 Å². The lowest BCUT2D eigenvalue weighted by atomic mass is 9.81. The molecule has 4 fully saturated rings. The molecule has 7 nitrogen and oxygen atoms in total. The summed E-state index contributed by atoms with van der Waals surface area (Å²) in [6.45, 7) is 0.137. The second-order valence-corrected chi connectivity index (χ2v) is 10.7. The molecule has 0 aromatic heterocycles. The SMILES string of the molecule is O=C(Oc1ccc(N2C(=O)[C@@H]3[C@H]4CC[C@@H](C4)[C@H]3C2=O)cc1)[C@@H]1CC(=O)N(c2cc(Cl)ccc2Cl)C1. The molecule has 5 atom stereocenters. The number of benzene rings is 2. The van der Waals surface area contributed by atoms with Crippen molar-refractivity contribution in [2.45, 2.75) is 25.7 Å². The summed E-state index contributed by atoms with van der Waals surface area (Å²) >= 11 is 12.3. The van der Waals surface area contributed by atoms with Gasteiger partial charge in [-0.2, -0.15) is 0 Å². The van der Waals surface area contributed by atoms with Crippen LogP contribution in [0.4, 0.5) is 11.4 Å². The molecule has 0 spiro atoms. The van der Waals surface area contributed by atoms with Gasteiger partial charge in [0, 0.05) is 18.0 Å². The Kier molecular flexibility index (Phi) is 5.38. The zero-order valence-electron chi connectivity index (χ0n) is 18.7. The van der Waals surface area contributed by atoms with Crippen molar-refractivity contribution in [3.8, 4) is 5.75 Å². The van der Waals surface area contributed by atoms with Crippen molar-refractivity contribution in [3.05, 3.63) is 52.5 Å². The molecule has 2 saturated carbocycles. The molecule has 2 aromatic rings. The predicted molar refractivity (Wildman–Crippen MR) is 129 cm³/mol. The molecule has 35 heavy (non-hydrogen) atoms. The Morgan fingerprint density at radius 3 is 2.23 bits per heavy atom. The molecule has 2 heterocycles. The standard InChI is InChI=1S/C26H22Cl2N2O5/c27-16-3-8-19(28)20(11-16)29-12-15(10-21(29)31)26(34)35-18-6-4-17(5-7-18)30-24(32)22-13-1-2-14(9-13)23(22)25(30)33/h3-8,11,13-15,22-23H,1-2,9-10,12H2/t13-,14-,15+,22+,23+/m0/s1. The lowest BCUT2D eigenvalue weighted by Crippen LogP contribution is -2.32. The molecule has 2 saturated heterocycles. The highest BCUT2D eigenvalue weighted by Crippen LogP contribution is 2.56. The molecule has 6 rings (SSSR count). The second-order valence-electron chi connectivity index (χ2n) is 9.81. The van der Waals surface area contributed by atoms with E-state index in [0.29, 0.717) is 33.3 Å². The quantitative estimate of drug-likeness (QED) is 0.342. The molecule has 0 N–H and O–H groups in total. The van der Waals surface area contributed by atoms with E-state index in [1.165, 1.54) is 9.80 Å². The van der Waals surface area contributed by atoms with Gasteiger partial charge in [0.1, 0.15) is 5.75 Å². The number of nitrogens with zero attached hydrogens (tertiary/aromatic N) is 2. The zero-order chi connectivity index (χ0) is 24.4. The molecular formula is C26H22Cl2N2O5. The number of halogens is 2. The van der Waals surface area contributed by atoms with Crippen LogP contribution in [0, 0.1) is 29.6 Å². The molecule has 0 radical (unpaired) electrons. The first-order chi connectivity index (χ1) is 16.8. The van der Waals surface area contributed by atoms with E-state index in [0.717, 1.165) is 19.3 Å². The van der Waals surface area contributed by atoms with E-state index in [4.69, 9.17) is 27.9 Å². The van der Waals surface area contributed by atoms with Crippen molar-refractivity contribution in [1.29, 1.82) is 0 Å². The number of hydrogen-bond acceptors (Lipinski definition) is 5. The highest BCUT2D eigenvalue weighted by Gasteiger charge is 2.61. The van der Waals surface area contributed by atoms with E-state index in [1.54, 1.807) is 42.5 Å². The van der Waals surface area contributed by atoms with Gasteiger partial charge in [-0.3, -0.25) is 24.1 Å². The lowest BCUT2D eigenvalue weighted by molar-refractivity contribution is -0.139. The minimum absolute atomic E-state index is 0.00164. The van der Waals surface area contributed by atoms with E-state index in [1.807, 2.05) is 0 Å². The molecule has 180 valence electrons. The fourth-order valence-corrected chi connectivity index (χ4v) is 6.70. The summed E-state index contributed by atoms with van der Waals surface area (Å²) in [7, 11) is 0. The summed E-state index contributed by atoms with van der Waals surface area (Å²) in [6.07, 6.45) is 3.04. The summed E-state index contributed by atoms with van der Waals surface area (Å²) in [5, 5.41) is 0.810. The van der Waals surface area contributed by atoms with Gasteiger partial charge < -0.3 is 9.64 Å². The van der Waals surface area contributed by atoms with Crippen molar-refractivity contribution in [2.24, 2.45) is 29.6 Å². The van der Waals surface area contributed by atoms with Crippen molar-refractivity contribution in [1.82, 2.24) is 0 Å². The normalized spacial score (nSPS) is 29.3. The van der Waals surface area contributed by atoms with E-state index in [-0.39, 0.29) is 48.3 Å². The molecule has 0 unspecified atom stereocenters. The zero-order valence-corrected chi connectivity index (χ0v) is 20.2. The molecule has 9 heteroatoms. The number of fused-ring (bicyclic) bond motifs is 5. The number of esters is 1. The van der Waals surface area contributed by atoms with Gasteiger partial charge in [0.15, 0.2) is 0 Å². The van der Waals surface area contributed by atoms with Crippen LogP contribution < -0.4 is 14.5 Å². The predicted octanol–water partition coefficient (Wildman–Crippen LogP) is 4.49. The number of amides is 3. The molecule has 3 amide bonds. The largest absolute Gasteiger partial charge is 0.426 e. The molecular weight excluding hydrogens is 491 g/mol. The van der Waals surface area contributed by atoms with Gasteiger partial charge in [-0.25, -0.2) is 0 Å². The average Bonchev–Trinajstić information content (AvgIpc) is 3.60. The summed E-state index contributed by atoms with van der Waals surface area (Å²) in [5.74, 6) is -1.10. The number of imide groups is 1. The topological polar surface area (TPSA) is 84.0 Å². The van der Waals surface area contributed by atoms with Crippen LogP contribution in [0.1, 0.15) is 25.7 Å². The highest BCUT2D eigenvalue weighted by atomic mass is 35.5. The van der Waals surface area contributed by atoms with Crippen molar-refractivity contribution >= 4 is 58.3 Å². The first kappa shape index (κ1) is 22.6. The van der Waals surface area contributed by atoms with Crippen LogP contribution in [0.5, 0.6) is 5.75 Å². The van der Waals surface area contributed by atoms with E-state index in [2.05, 4.69) is 0 Å². The van der Waals surface area contributed by atoms with Gasteiger partial charge in [-0.05, 0) is 73.6 Å². The van der Waals surface area contributed by atoms with Crippen LogP contribution in [-0.4, -0.2) is 30.2 Å². The van der Waals surface area contributed by atoms with Crippen molar-refractivity contribution < 1.29 is 23.9 Å². The summed E-state index contributed by atoms with van der Waals surface area (Å²) in [6, 6.07) is 11.2. The van der Waals surface area contributed by atoms with Crippen LogP contribution in [0.2, 0.25) is 10.0 Å². The van der Waals surface area contributed by atoms with Crippen LogP contribution in [-0.2, 0) is 19.2 Å². The maximum Gasteiger partial charge on any atom is 0.316 e. The van der Waals surface area contributed by atoms with E-state index in [9.17, 15) is 19.2 Å². The Morgan fingerprint density at radius 1 is 0.914 bits per heavy atom.